The van der Waals surface area contributed by atoms with E-state index >= 15 is 9.59 Å². The number of β-lactam (4-membered cyclic amide) rings is 1. The van der Waals surface area contributed by atoms with Gasteiger partial charge >= 0.3 is 15.6 Å². The number of nitrogens with one attached hydrogen (secondary N) is 2. The number of carbonyl (C=O) groups excluding carboxylic acids is 2. The van der Waals surface area contributed by atoms with Gasteiger partial charge < -0.3 is 29.7 Å². The van der Waals surface area contributed by atoms with Crippen molar-refractivity contribution < 1.29 is 54.4 Å². The van der Waals surface area contributed by atoms with Crippen molar-refractivity contribution in [3.05, 3.63) is 310 Å². The van der Waals surface area contributed by atoms with Crippen LogP contribution in [0.1, 0.15) is 88.9 Å². The van der Waals surface area contributed by atoms with Crippen LogP contribution < -0.4 is 10.6 Å². The second kappa shape index (κ2) is 30.7. The second-order valence-corrected chi connectivity index (χ2v) is 28.0. The predicted octanol–water partition coefficient (Wildman–Crippen LogP) is 15.1. The van der Waals surface area contributed by atoms with Gasteiger partial charge in [0.15, 0.2) is 10.8 Å². The number of aromatic nitrogens is 1. The van der Waals surface area contributed by atoms with Crippen LogP contribution in [0.25, 0.3) is 0 Å². The first-order chi connectivity index (χ1) is 47.2. The summed E-state index contributed by atoms with van der Waals surface area (Å²) in [6.45, 7) is 3.79. The third kappa shape index (κ3) is 14.9. The molecule has 14 nitrogen and oxygen atoms in total. The molecule has 498 valence electrons. The molecule has 0 spiro atoms. The molecule has 9 aromatic rings. The summed E-state index contributed by atoms with van der Waals surface area (Å²) in [4.78, 5) is 45.0. The highest BCUT2D eigenvalue weighted by atomic mass is 32.2. The van der Waals surface area contributed by atoms with Crippen molar-refractivity contribution >= 4 is 73.1 Å². The Morgan fingerprint density at radius 3 is 1.52 bits per heavy atom. The molecule has 0 radical (unpaired) electrons. The van der Waals surface area contributed by atoms with Gasteiger partial charge in [0.2, 0.25) is 10.7 Å². The molecule has 0 aliphatic carbocycles. The molecular weight excluding hydrogens is 1310 g/mol. The summed E-state index contributed by atoms with van der Waals surface area (Å²) >= 11 is 9.34. The number of ether oxygens (including phenoxy) is 3. The van der Waals surface area contributed by atoms with E-state index in [0.29, 0.717) is 50.1 Å². The van der Waals surface area contributed by atoms with Gasteiger partial charge in [-0.2, -0.15) is 21.6 Å². The Labute approximate surface area is 576 Å². The summed E-state index contributed by atoms with van der Waals surface area (Å²) in [6, 6.07) is 79.4. The maximum atomic E-state index is 15.7. The summed E-state index contributed by atoms with van der Waals surface area (Å²) < 4.78 is 78.3. The number of hydrogen-bond donors (Lipinski definition) is 2. The fourth-order valence-corrected chi connectivity index (χ4v) is 15.9. The van der Waals surface area contributed by atoms with Crippen molar-refractivity contribution in [1.82, 2.24) is 15.2 Å². The number of fused-ring (bicyclic) bond motifs is 1. The van der Waals surface area contributed by atoms with Crippen molar-refractivity contribution in [2.45, 2.75) is 72.0 Å². The third-order valence-electron chi connectivity index (χ3n) is 17.7. The highest BCUT2D eigenvalue weighted by molar-refractivity contribution is 8.00. The zero-order valence-electron chi connectivity index (χ0n) is 52.8. The van der Waals surface area contributed by atoms with Gasteiger partial charge in [-0.25, -0.2) is 4.98 Å². The first-order valence-corrected chi connectivity index (χ1v) is 35.6. The van der Waals surface area contributed by atoms with Gasteiger partial charge in [0.1, 0.15) is 28.8 Å². The highest BCUT2D eigenvalue weighted by Gasteiger charge is 2.57. The number of hydrogen-bond acceptors (Lipinski definition) is 15. The van der Waals surface area contributed by atoms with Crippen molar-refractivity contribution in [1.29, 1.82) is 0 Å². The number of amides is 2. The van der Waals surface area contributed by atoms with E-state index in [4.69, 9.17) is 41.4 Å². The van der Waals surface area contributed by atoms with Crippen molar-refractivity contribution in [3.63, 3.8) is 0 Å². The van der Waals surface area contributed by atoms with Crippen LogP contribution in [0.4, 0.5) is 18.3 Å². The number of thioether (sulfide) groups is 1. The zero-order chi connectivity index (χ0) is 67.4. The zero-order valence-corrected chi connectivity index (χ0v) is 56.0. The molecule has 3 fully saturated rings. The predicted molar refractivity (Wildman–Crippen MR) is 375 cm³/mol. The Bertz CT molecular complexity index is 4060. The minimum atomic E-state index is -5.44. The summed E-state index contributed by atoms with van der Waals surface area (Å²) in [5.41, 5.74) is 1.33. The number of carbonyl (C=O) groups is 2. The van der Waals surface area contributed by atoms with E-state index in [1.54, 1.807) is 16.7 Å². The molecule has 0 bridgehead atoms. The summed E-state index contributed by atoms with van der Waals surface area (Å²) in [7, 11) is -5.44. The van der Waals surface area contributed by atoms with Gasteiger partial charge in [-0.3, -0.25) is 18.7 Å². The van der Waals surface area contributed by atoms with Crippen LogP contribution >= 0.6 is 35.3 Å². The van der Waals surface area contributed by atoms with E-state index < -0.39 is 56.8 Å². The highest BCUT2D eigenvalue weighted by Crippen LogP contribution is 2.50. The van der Waals surface area contributed by atoms with Gasteiger partial charge in [0.25, 0.3) is 11.8 Å². The molecule has 3 atom stereocenters. The number of nitrogens with zero attached hydrogens (tertiary/aromatic N) is 3. The molecule has 0 saturated carbocycles. The van der Waals surface area contributed by atoms with Crippen LogP contribution in [0, 0.1) is 11.8 Å². The second-order valence-electron chi connectivity index (χ2n) is 23.7. The Hall–Kier alpha value is -8.80. The molecule has 13 rings (SSSR count). The molecule has 2 unspecified atom stereocenters. The van der Waals surface area contributed by atoms with E-state index in [1.807, 2.05) is 212 Å². The van der Waals surface area contributed by atoms with E-state index in [1.165, 1.54) is 11.3 Å². The lowest BCUT2D eigenvalue weighted by atomic mass is 9.77. The first kappa shape index (κ1) is 68.2. The lowest BCUT2D eigenvalue weighted by Crippen LogP contribution is -2.71. The van der Waals surface area contributed by atoms with Crippen LogP contribution in [-0.2, 0) is 54.1 Å². The number of thiocarbonyl (C=S) groups is 1. The standard InChI is InChI=1S/C69H59N5O5S3.C7H11F3O4S/c1-47-58(48-42-44-77-45-43-48)61(66(80)78-62(49-26-10-2-11-27-49)50-28-12-3-13-29-50)74-64(76)60(65(74)82-47)71-63(75)59(73-79-69(54-36-20-7-21-37-54,55-38-22-8-23-39-55)56-40-24-9-25-41-56)57-46-81-67(70-57)72-68(51-30-14-4-15-31-51,52-32-16-5-17-33-52)53-34-18-6-19-35-53;8-7(9,10)15(11,12)14-5-6-1-3-13-4-2-6/h2-41,46-48,60,62,65H,42-45H2,1H3,(H,70,72)(H,71,75);6H,1-5H2/b73-59-;/t47?,60?,65-;/m1./s1. The minimum absolute atomic E-state index is 0.0914. The number of halogens is 3. The smallest absolute Gasteiger partial charge is 0.469 e. The fourth-order valence-electron chi connectivity index (χ4n) is 12.8. The average Bonchev–Trinajstić information content (AvgIpc) is 0.857. The van der Waals surface area contributed by atoms with Crippen molar-refractivity contribution in [2.24, 2.45) is 17.0 Å². The maximum absolute atomic E-state index is 15.7. The molecule has 2 N–H and O–H groups in total. The molecule has 4 aliphatic rings. The van der Waals surface area contributed by atoms with Crippen LogP contribution in [0.3, 0.4) is 0 Å². The molecule has 8 aromatic carbocycles. The van der Waals surface area contributed by atoms with E-state index in [2.05, 4.69) is 58.1 Å². The molecule has 5 heterocycles. The largest absolute Gasteiger partial charge is 0.523 e. The molecule has 4 aliphatic heterocycles. The van der Waals surface area contributed by atoms with Crippen molar-refractivity contribution in [3.8, 4) is 0 Å². The number of benzene rings is 8. The van der Waals surface area contributed by atoms with E-state index in [0.717, 1.165) is 62.9 Å². The molecule has 3 saturated heterocycles. The van der Waals surface area contributed by atoms with Crippen molar-refractivity contribution in [2.75, 3.05) is 38.4 Å². The Kier molecular flexibility index (Phi) is 21.6. The van der Waals surface area contributed by atoms with Crippen LogP contribution in [0.15, 0.2) is 264 Å². The Morgan fingerprint density at radius 2 is 1.07 bits per heavy atom. The molecule has 2 amide bonds. The number of anilines is 1. The SMILES string of the molecule is CC1S[C@@H]2C(NC(=O)/C(=N\OC(c3ccccc3)(c3ccccc3)c3ccccc3)c3csc(NC(c4ccccc4)(c4ccccc4)c4ccccc4)n3)C(=O)N2C(C(=S)OC(c2ccccc2)c2ccccc2)=C1C1CCOCC1.O=S(=O)(OCC1CCOCC1)C(F)(F)F. The number of oxime groups is 1. The quantitative estimate of drug-likeness (QED) is 0.0133. The monoisotopic (exact) mass is 1380 g/mol. The van der Waals surface area contributed by atoms with Gasteiger partial charge in [0.05, 0.1) is 12.3 Å². The normalized spacial score (nSPS) is 18.0. The van der Waals surface area contributed by atoms with Gasteiger partial charge in [-0.15, -0.1) is 23.1 Å². The number of rotatable bonds is 21. The van der Waals surface area contributed by atoms with Crippen LogP contribution in [-0.4, -0.2) is 96.1 Å². The summed E-state index contributed by atoms with van der Waals surface area (Å²) in [5, 5.41) is 14.0. The summed E-state index contributed by atoms with van der Waals surface area (Å²) in [6.07, 6.45) is 2.06. The van der Waals surface area contributed by atoms with E-state index in [9.17, 15) is 21.6 Å². The molecule has 97 heavy (non-hydrogen) atoms. The summed E-state index contributed by atoms with van der Waals surface area (Å²) in [5.74, 6) is -1.03. The lowest BCUT2D eigenvalue weighted by molar-refractivity contribution is -0.144. The first-order valence-electron chi connectivity index (χ1n) is 31.9. The molecule has 1 aromatic heterocycles. The lowest BCUT2D eigenvalue weighted by Gasteiger charge is -2.53. The molecular formula is C76H70F3N5O9S4. The molecule has 21 heteroatoms. The van der Waals surface area contributed by atoms with Gasteiger partial charge in [-0.05, 0) is 90.1 Å². The minimum Gasteiger partial charge on any atom is -0.469 e. The van der Waals surface area contributed by atoms with E-state index in [-0.39, 0.29) is 39.4 Å². The fraction of sp³-hybridized carbons (Fsp3) is 0.250. The van der Waals surface area contributed by atoms with Crippen LogP contribution in [0.5, 0.6) is 0 Å². The third-order valence-corrected chi connectivity index (χ3v) is 21.2. The van der Waals surface area contributed by atoms with Crippen LogP contribution in [0.2, 0.25) is 0 Å². The maximum Gasteiger partial charge on any atom is 0.523 e. The number of alkyl halides is 3. The Balaban J connectivity index is 0.000000530. The Morgan fingerprint density at radius 1 is 0.649 bits per heavy atom. The topological polar surface area (TPSA) is 167 Å². The number of thiazole rings is 1. The van der Waals surface area contributed by atoms with Gasteiger partial charge in [-0.1, -0.05) is 248 Å². The average molecular weight is 1380 g/mol. The van der Waals surface area contributed by atoms with Gasteiger partial charge in [0, 0.05) is 53.7 Å².